The zero-order chi connectivity index (χ0) is 13.6. The molecule has 0 spiro atoms. The highest BCUT2D eigenvalue weighted by molar-refractivity contribution is 5.14. The van der Waals surface area contributed by atoms with E-state index in [4.69, 9.17) is 4.74 Å². The van der Waals surface area contributed by atoms with Gasteiger partial charge in [-0.2, -0.15) is 0 Å². The minimum Gasteiger partial charge on any atom is -0.378 e. The number of nitrogens with one attached hydrogen (secondary N) is 1. The molecule has 0 radical (unpaired) electrons. The number of hydrogen-bond donors (Lipinski definition) is 1. The molecular formula is C16H25N3O. The second-order valence-electron chi connectivity index (χ2n) is 5.79. The predicted molar refractivity (Wildman–Crippen MR) is 80.8 cm³/mol. The molecule has 2 aliphatic rings. The summed E-state index contributed by atoms with van der Waals surface area (Å²) in [6.07, 6.45) is 0. The lowest BCUT2D eigenvalue weighted by atomic mass is 10.2. The second-order valence-corrected chi connectivity index (χ2v) is 5.79. The molecule has 1 atom stereocenters. The van der Waals surface area contributed by atoms with Gasteiger partial charge in [-0.1, -0.05) is 30.3 Å². The van der Waals surface area contributed by atoms with Gasteiger partial charge in [0.25, 0.3) is 0 Å². The fourth-order valence-corrected chi connectivity index (χ4v) is 3.02. The van der Waals surface area contributed by atoms with Crippen molar-refractivity contribution in [3.05, 3.63) is 35.9 Å². The van der Waals surface area contributed by atoms with Crippen molar-refractivity contribution in [1.82, 2.24) is 15.1 Å². The Hall–Kier alpha value is -0.940. The van der Waals surface area contributed by atoms with Crippen molar-refractivity contribution in [3.63, 3.8) is 0 Å². The van der Waals surface area contributed by atoms with E-state index in [1.165, 1.54) is 31.7 Å². The maximum Gasteiger partial charge on any atom is 0.0632 e. The first-order chi connectivity index (χ1) is 9.90. The van der Waals surface area contributed by atoms with Crippen molar-refractivity contribution in [2.45, 2.75) is 12.6 Å². The van der Waals surface area contributed by atoms with Crippen molar-refractivity contribution < 1.29 is 4.74 Å². The van der Waals surface area contributed by atoms with Crippen LogP contribution in [0, 0.1) is 0 Å². The van der Waals surface area contributed by atoms with Crippen LogP contribution in [0.3, 0.4) is 0 Å². The summed E-state index contributed by atoms with van der Waals surface area (Å²) in [6.45, 7) is 9.61. The summed E-state index contributed by atoms with van der Waals surface area (Å²) in [4.78, 5) is 5.12. The topological polar surface area (TPSA) is 27.7 Å². The highest BCUT2D eigenvalue weighted by atomic mass is 16.5. The zero-order valence-corrected chi connectivity index (χ0v) is 12.1. The van der Waals surface area contributed by atoms with Gasteiger partial charge in [-0.05, 0) is 5.56 Å². The van der Waals surface area contributed by atoms with Crippen LogP contribution in [0.25, 0.3) is 0 Å². The number of piperazine rings is 1. The zero-order valence-electron chi connectivity index (χ0n) is 12.1. The minimum absolute atomic E-state index is 0.518. The number of ether oxygens (including phenoxy) is 1. The first-order valence-electron chi connectivity index (χ1n) is 7.70. The molecular weight excluding hydrogens is 250 g/mol. The number of rotatable bonds is 4. The number of morpholine rings is 1. The molecule has 1 N–H and O–H groups in total. The van der Waals surface area contributed by atoms with Crippen molar-refractivity contribution >= 4 is 0 Å². The molecule has 0 bridgehead atoms. The number of nitrogens with zero attached hydrogens (tertiary/aromatic N) is 2. The van der Waals surface area contributed by atoms with Crippen LogP contribution >= 0.6 is 0 Å². The van der Waals surface area contributed by atoms with Crippen molar-refractivity contribution in [2.75, 3.05) is 52.5 Å². The van der Waals surface area contributed by atoms with Gasteiger partial charge >= 0.3 is 0 Å². The Labute approximate surface area is 121 Å². The lowest BCUT2D eigenvalue weighted by Gasteiger charge is -2.37. The largest absolute Gasteiger partial charge is 0.378 e. The summed E-state index contributed by atoms with van der Waals surface area (Å²) >= 11 is 0. The van der Waals surface area contributed by atoms with Crippen molar-refractivity contribution in [1.29, 1.82) is 0 Å². The van der Waals surface area contributed by atoms with E-state index in [9.17, 15) is 0 Å². The summed E-state index contributed by atoms with van der Waals surface area (Å²) in [6, 6.07) is 11.3. The van der Waals surface area contributed by atoms with E-state index >= 15 is 0 Å². The summed E-state index contributed by atoms with van der Waals surface area (Å²) in [7, 11) is 0. The third kappa shape index (κ3) is 4.03. The highest BCUT2D eigenvalue weighted by Gasteiger charge is 2.21. The Balaban J connectivity index is 1.40. The second kappa shape index (κ2) is 7.18. The van der Waals surface area contributed by atoms with E-state index in [0.717, 1.165) is 32.8 Å². The lowest BCUT2D eigenvalue weighted by Crippen LogP contribution is -2.53. The molecule has 0 aliphatic carbocycles. The molecule has 0 aromatic heterocycles. The smallest absolute Gasteiger partial charge is 0.0632 e. The fraction of sp³-hybridized carbons (Fsp3) is 0.625. The van der Waals surface area contributed by atoms with Crippen molar-refractivity contribution in [3.8, 4) is 0 Å². The van der Waals surface area contributed by atoms with Gasteiger partial charge in [0.2, 0.25) is 0 Å². The van der Waals surface area contributed by atoms with Crippen LogP contribution in [0.4, 0.5) is 0 Å². The lowest BCUT2D eigenvalue weighted by molar-refractivity contribution is 0.0494. The van der Waals surface area contributed by atoms with Gasteiger partial charge in [0.15, 0.2) is 0 Å². The third-order valence-corrected chi connectivity index (χ3v) is 4.19. The summed E-state index contributed by atoms with van der Waals surface area (Å²) in [5, 5.41) is 3.54. The van der Waals surface area contributed by atoms with E-state index in [-0.39, 0.29) is 0 Å². The molecule has 2 fully saturated rings. The molecule has 3 rings (SSSR count). The monoisotopic (exact) mass is 275 g/mol. The average molecular weight is 275 g/mol. The van der Waals surface area contributed by atoms with Gasteiger partial charge < -0.3 is 10.1 Å². The molecule has 2 aliphatic heterocycles. The maximum absolute atomic E-state index is 5.52. The van der Waals surface area contributed by atoms with E-state index in [1.54, 1.807) is 0 Å². The number of hydrogen-bond acceptors (Lipinski definition) is 4. The molecule has 20 heavy (non-hydrogen) atoms. The van der Waals surface area contributed by atoms with Gasteiger partial charge in [-0.15, -0.1) is 0 Å². The first kappa shape index (κ1) is 14.0. The van der Waals surface area contributed by atoms with E-state index < -0.39 is 0 Å². The maximum atomic E-state index is 5.52. The molecule has 110 valence electrons. The van der Waals surface area contributed by atoms with Crippen LogP contribution in [0.15, 0.2) is 30.3 Å². The number of benzene rings is 1. The molecule has 1 unspecified atom stereocenters. The Morgan fingerprint density at radius 3 is 2.50 bits per heavy atom. The molecule has 2 saturated heterocycles. The molecule has 1 aromatic rings. The SMILES string of the molecule is c1ccc(CN2CCN(CC3COCCN3)CC2)cc1. The molecule has 0 amide bonds. The van der Waals surface area contributed by atoms with Gasteiger partial charge in [-0.25, -0.2) is 0 Å². The van der Waals surface area contributed by atoms with E-state index in [0.29, 0.717) is 6.04 Å². The van der Waals surface area contributed by atoms with E-state index in [1.807, 2.05) is 0 Å². The molecule has 4 heteroatoms. The van der Waals surface area contributed by atoms with Crippen LogP contribution < -0.4 is 5.32 Å². The predicted octanol–water partition coefficient (Wildman–Crippen LogP) is 0.793. The Morgan fingerprint density at radius 1 is 1.05 bits per heavy atom. The fourth-order valence-electron chi connectivity index (χ4n) is 3.02. The van der Waals surface area contributed by atoms with Crippen LogP contribution in [0.1, 0.15) is 5.56 Å². The Kier molecular flexibility index (Phi) is 5.03. The molecule has 2 heterocycles. The standard InChI is InChI=1S/C16H25N3O/c1-2-4-15(5-3-1)12-18-7-9-19(10-8-18)13-16-14-20-11-6-17-16/h1-5,16-17H,6-14H2. The van der Waals surface area contributed by atoms with Gasteiger partial charge in [0.05, 0.1) is 13.2 Å². The van der Waals surface area contributed by atoms with Gasteiger partial charge in [-0.3, -0.25) is 9.80 Å². The van der Waals surface area contributed by atoms with Crippen molar-refractivity contribution in [2.24, 2.45) is 0 Å². The highest BCUT2D eigenvalue weighted by Crippen LogP contribution is 2.09. The van der Waals surface area contributed by atoms with Gasteiger partial charge in [0, 0.05) is 51.9 Å². The normalized spacial score (nSPS) is 25.7. The summed E-state index contributed by atoms with van der Waals surface area (Å²) in [5.74, 6) is 0. The van der Waals surface area contributed by atoms with Crippen LogP contribution in [-0.2, 0) is 11.3 Å². The average Bonchev–Trinajstić information content (AvgIpc) is 2.51. The molecule has 4 nitrogen and oxygen atoms in total. The van der Waals surface area contributed by atoms with Crippen LogP contribution in [-0.4, -0.2) is 68.3 Å². The summed E-state index contributed by atoms with van der Waals surface area (Å²) < 4.78 is 5.52. The van der Waals surface area contributed by atoms with Gasteiger partial charge in [0.1, 0.15) is 0 Å². The first-order valence-corrected chi connectivity index (χ1v) is 7.70. The van der Waals surface area contributed by atoms with Crippen LogP contribution in [0.2, 0.25) is 0 Å². The third-order valence-electron chi connectivity index (χ3n) is 4.19. The van der Waals surface area contributed by atoms with E-state index in [2.05, 4.69) is 45.4 Å². The minimum atomic E-state index is 0.518. The van der Waals surface area contributed by atoms with Crippen LogP contribution in [0.5, 0.6) is 0 Å². The Bertz CT molecular complexity index is 384. The summed E-state index contributed by atoms with van der Waals surface area (Å²) in [5.41, 5.74) is 1.42. The Morgan fingerprint density at radius 2 is 1.80 bits per heavy atom. The molecule has 1 aromatic carbocycles. The quantitative estimate of drug-likeness (QED) is 0.879. The molecule has 0 saturated carbocycles.